The molecule has 0 amide bonds. The summed E-state index contributed by atoms with van der Waals surface area (Å²) in [4.78, 5) is 12.2. The van der Waals surface area contributed by atoms with Crippen LogP contribution in [0.25, 0.3) is 0 Å². The summed E-state index contributed by atoms with van der Waals surface area (Å²) in [5, 5.41) is 8.77. The predicted octanol–water partition coefficient (Wildman–Crippen LogP) is 2.47. The van der Waals surface area contributed by atoms with Crippen LogP contribution >= 0.6 is 0 Å². The molecule has 7 nitrogen and oxygen atoms in total. The van der Waals surface area contributed by atoms with Gasteiger partial charge in [0.25, 0.3) is 0 Å². The summed E-state index contributed by atoms with van der Waals surface area (Å²) in [5.74, 6) is -0.360. The highest BCUT2D eigenvalue weighted by atomic mass is 32.2. The zero-order valence-corrected chi connectivity index (χ0v) is 15.3. The van der Waals surface area contributed by atoms with Crippen molar-refractivity contribution < 1.29 is 22.7 Å². The molecule has 0 bridgehead atoms. The number of rotatable bonds is 6. The average molecular weight is 374 g/mol. The lowest BCUT2D eigenvalue weighted by Gasteiger charge is -2.14. The molecule has 2 aromatic rings. The van der Waals surface area contributed by atoms with E-state index in [1.807, 2.05) is 6.07 Å². The maximum absolute atomic E-state index is 12.5. The number of carbonyl (C=O) groups excluding carboxylic acids is 1. The second-order valence-electron chi connectivity index (χ2n) is 5.67. The van der Waals surface area contributed by atoms with Gasteiger partial charge in [0.2, 0.25) is 10.0 Å². The molecule has 1 N–H and O–H groups in total. The van der Waals surface area contributed by atoms with Gasteiger partial charge in [-0.25, -0.2) is 17.9 Å². The van der Waals surface area contributed by atoms with Crippen LogP contribution in [-0.4, -0.2) is 27.5 Å². The minimum absolute atomic E-state index is 0.0549. The van der Waals surface area contributed by atoms with Gasteiger partial charge in [0.05, 0.1) is 24.3 Å². The lowest BCUT2D eigenvalue weighted by atomic mass is 10.2. The zero-order valence-electron chi connectivity index (χ0n) is 14.5. The van der Waals surface area contributed by atoms with Gasteiger partial charge in [-0.2, -0.15) is 5.26 Å². The Kier molecular flexibility index (Phi) is 5.97. The third-order valence-corrected chi connectivity index (χ3v) is 4.95. The Bertz CT molecular complexity index is 945. The van der Waals surface area contributed by atoms with E-state index < -0.39 is 16.0 Å². The normalized spacial score (nSPS) is 11.0. The van der Waals surface area contributed by atoms with Crippen LogP contribution in [0.15, 0.2) is 47.4 Å². The molecular formula is C18H18N2O5S. The van der Waals surface area contributed by atoms with Gasteiger partial charge in [-0.05, 0) is 56.3 Å². The van der Waals surface area contributed by atoms with E-state index in [1.165, 1.54) is 49.6 Å². The summed E-state index contributed by atoms with van der Waals surface area (Å²) in [6, 6.07) is 11.6. The van der Waals surface area contributed by atoms with Crippen molar-refractivity contribution in [2.45, 2.75) is 24.8 Å². The molecule has 0 aliphatic heterocycles. The van der Waals surface area contributed by atoms with E-state index in [0.717, 1.165) is 0 Å². The molecule has 8 heteroatoms. The van der Waals surface area contributed by atoms with Gasteiger partial charge in [0, 0.05) is 6.04 Å². The Labute approximate surface area is 152 Å². The van der Waals surface area contributed by atoms with Crippen molar-refractivity contribution in [3.8, 4) is 17.6 Å². The van der Waals surface area contributed by atoms with Crippen LogP contribution < -0.4 is 14.2 Å². The summed E-state index contributed by atoms with van der Waals surface area (Å²) in [6.07, 6.45) is 0. The number of benzene rings is 2. The average Bonchev–Trinajstić information content (AvgIpc) is 2.60. The van der Waals surface area contributed by atoms with Crippen LogP contribution in [0.4, 0.5) is 0 Å². The first-order chi connectivity index (χ1) is 12.3. The van der Waals surface area contributed by atoms with E-state index in [4.69, 9.17) is 14.7 Å². The Morgan fingerprint density at radius 3 is 2.35 bits per heavy atom. The molecule has 0 radical (unpaired) electrons. The second kappa shape index (κ2) is 7.99. The molecule has 0 saturated heterocycles. The van der Waals surface area contributed by atoms with Crippen molar-refractivity contribution in [3.05, 3.63) is 53.6 Å². The largest absolute Gasteiger partial charge is 0.495 e. The van der Waals surface area contributed by atoms with E-state index in [0.29, 0.717) is 5.56 Å². The lowest BCUT2D eigenvalue weighted by molar-refractivity contribution is 0.0734. The number of hydrogen-bond acceptors (Lipinski definition) is 6. The van der Waals surface area contributed by atoms with Gasteiger partial charge in [0.1, 0.15) is 16.4 Å². The quantitative estimate of drug-likeness (QED) is 0.615. The third kappa shape index (κ3) is 4.59. The number of methoxy groups -OCH3 is 1. The predicted molar refractivity (Wildman–Crippen MR) is 94.6 cm³/mol. The fourth-order valence-electron chi connectivity index (χ4n) is 2.15. The molecular weight excluding hydrogens is 356 g/mol. The smallest absolute Gasteiger partial charge is 0.343 e. The maximum atomic E-state index is 12.5. The molecule has 0 saturated carbocycles. The molecule has 0 aromatic heterocycles. The van der Waals surface area contributed by atoms with Crippen LogP contribution in [0.3, 0.4) is 0 Å². The molecule has 136 valence electrons. The number of hydrogen-bond donors (Lipinski definition) is 1. The minimum Gasteiger partial charge on any atom is -0.495 e. The number of carbonyl (C=O) groups is 1. The second-order valence-corrected chi connectivity index (χ2v) is 7.35. The Morgan fingerprint density at radius 1 is 1.15 bits per heavy atom. The van der Waals surface area contributed by atoms with Gasteiger partial charge in [0.15, 0.2) is 0 Å². The lowest BCUT2D eigenvalue weighted by Crippen LogP contribution is -2.30. The number of nitriles is 1. The Morgan fingerprint density at radius 2 is 1.81 bits per heavy atom. The summed E-state index contributed by atoms with van der Waals surface area (Å²) < 4.78 is 37.7. The zero-order chi connectivity index (χ0) is 19.3. The van der Waals surface area contributed by atoms with Crippen LogP contribution in [0.1, 0.15) is 29.8 Å². The fraction of sp³-hybridized carbons (Fsp3) is 0.222. The first-order valence-corrected chi connectivity index (χ1v) is 9.18. The first kappa shape index (κ1) is 19.4. The SMILES string of the molecule is COc1ccc(C(=O)Oc2ccc(C#N)cc2)cc1S(=O)(=O)NC(C)C. The monoisotopic (exact) mass is 374 g/mol. The molecule has 0 atom stereocenters. The Balaban J connectivity index is 2.33. The van der Waals surface area contributed by atoms with Gasteiger partial charge < -0.3 is 9.47 Å². The molecule has 0 spiro atoms. The van der Waals surface area contributed by atoms with E-state index >= 15 is 0 Å². The van der Waals surface area contributed by atoms with Crippen molar-refractivity contribution in [3.63, 3.8) is 0 Å². The highest BCUT2D eigenvalue weighted by Gasteiger charge is 2.23. The van der Waals surface area contributed by atoms with Crippen molar-refractivity contribution in [2.75, 3.05) is 7.11 Å². The number of ether oxygens (including phenoxy) is 2. The van der Waals surface area contributed by atoms with Gasteiger partial charge in [-0.15, -0.1) is 0 Å². The van der Waals surface area contributed by atoms with Gasteiger partial charge in [-0.3, -0.25) is 0 Å². The third-order valence-electron chi connectivity index (χ3n) is 3.27. The summed E-state index contributed by atoms with van der Waals surface area (Å²) in [5.41, 5.74) is 0.488. The van der Waals surface area contributed by atoms with Crippen molar-refractivity contribution in [1.29, 1.82) is 5.26 Å². The van der Waals surface area contributed by atoms with E-state index in [-0.39, 0.29) is 28.0 Å². The molecule has 0 aliphatic carbocycles. The fourth-order valence-corrected chi connectivity index (χ4v) is 3.60. The van der Waals surface area contributed by atoms with E-state index in [9.17, 15) is 13.2 Å². The van der Waals surface area contributed by atoms with Crippen LogP contribution in [0.5, 0.6) is 11.5 Å². The molecule has 0 heterocycles. The number of nitrogens with one attached hydrogen (secondary N) is 1. The summed E-state index contributed by atoms with van der Waals surface area (Å²) in [6.45, 7) is 3.38. The minimum atomic E-state index is -3.86. The molecule has 0 fully saturated rings. The highest BCUT2D eigenvalue weighted by Crippen LogP contribution is 2.26. The van der Waals surface area contributed by atoms with Crippen LogP contribution in [0.2, 0.25) is 0 Å². The molecule has 2 aromatic carbocycles. The van der Waals surface area contributed by atoms with Crippen molar-refractivity contribution in [2.24, 2.45) is 0 Å². The van der Waals surface area contributed by atoms with Crippen molar-refractivity contribution in [1.82, 2.24) is 4.72 Å². The van der Waals surface area contributed by atoms with E-state index in [2.05, 4.69) is 4.72 Å². The number of nitrogens with zero attached hydrogens (tertiary/aromatic N) is 1. The van der Waals surface area contributed by atoms with E-state index in [1.54, 1.807) is 13.8 Å². The van der Waals surface area contributed by atoms with Gasteiger partial charge in [-0.1, -0.05) is 0 Å². The maximum Gasteiger partial charge on any atom is 0.343 e. The highest BCUT2D eigenvalue weighted by molar-refractivity contribution is 7.89. The Hall–Kier alpha value is -2.89. The number of esters is 1. The molecule has 0 aliphatic rings. The summed E-state index contributed by atoms with van der Waals surface area (Å²) >= 11 is 0. The standard InChI is InChI=1S/C18H18N2O5S/c1-12(2)20-26(22,23)17-10-14(6-9-16(17)24-3)18(21)25-15-7-4-13(11-19)5-8-15/h4-10,12,20H,1-3H3. The molecule has 26 heavy (non-hydrogen) atoms. The number of sulfonamides is 1. The molecule has 2 rings (SSSR count). The van der Waals surface area contributed by atoms with Crippen LogP contribution in [-0.2, 0) is 10.0 Å². The van der Waals surface area contributed by atoms with Crippen molar-refractivity contribution >= 4 is 16.0 Å². The topological polar surface area (TPSA) is 105 Å². The summed E-state index contributed by atoms with van der Waals surface area (Å²) in [7, 11) is -2.51. The van der Waals surface area contributed by atoms with Crippen LogP contribution in [0, 0.1) is 11.3 Å². The first-order valence-electron chi connectivity index (χ1n) is 7.69. The molecule has 0 unspecified atom stereocenters. The van der Waals surface area contributed by atoms with Gasteiger partial charge >= 0.3 is 5.97 Å².